The largest absolute Gasteiger partial charge is 0.483 e. The van der Waals surface area contributed by atoms with Crippen LogP contribution in [0, 0.1) is 0 Å². The van der Waals surface area contributed by atoms with E-state index in [4.69, 9.17) is 14.2 Å². The Morgan fingerprint density at radius 3 is 2.59 bits per heavy atom. The third-order valence-electron chi connectivity index (χ3n) is 5.18. The Morgan fingerprint density at radius 2 is 1.76 bits per heavy atom. The second-order valence-electron chi connectivity index (χ2n) is 7.53. The molecular formula is C25H24BrN3O5. The van der Waals surface area contributed by atoms with Crippen LogP contribution in [-0.4, -0.2) is 62.4 Å². The molecule has 3 aromatic carbocycles. The number of benzene rings is 3. The molecule has 1 heterocycles. The van der Waals surface area contributed by atoms with Gasteiger partial charge >= 0.3 is 0 Å². The highest BCUT2D eigenvalue weighted by atomic mass is 79.9. The van der Waals surface area contributed by atoms with Crippen LogP contribution >= 0.6 is 15.9 Å². The van der Waals surface area contributed by atoms with E-state index in [1.54, 1.807) is 23.1 Å². The molecule has 0 unspecified atom stereocenters. The van der Waals surface area contributed by atoms with Gasteiger partial charge in [0, 0.05) is 18.5 Å². The normalized spacial score (nSPS) is 13.7. The number of morpholine rings is 1. The van der Waals surface area contributed by atoms with Crippen molar-refractivity contribution in [1.29, 1.82) is 0 Å². The van der Waals surface area contributed by atoms with Gasteiger partial charge in [-0.2, -0.15) is 5.10 Å². The molecule has 2 amide bonds. The first-order valence-corrected chi connectivity index (χ1v) is 11.6. The van der Waals surface area contributed by atoms with Crippen LogP contribution in [0.3, 0.4) is 0 Å². The van der Waals surface area contributed by atoms with Crippen molar-refractivity contribution in [2.45, 2.75) is 0 Å². The number of hydrogen-bond donors (Lipinski definition) is 1. The van der Waals surface area contributed by atoms with Crippen molar-refractivity contribution in [1.82, 2.24) is 10.3 Å². The minimum Gasteiger partial charge on any atom is -0.483 e. The summed E-state index contributed by atoms with van der Waals surface area (Å²) in [4.78, 5) is 26.1. The van der Waals surface area contributed by atoms with Gasteiger partial charge in [0.05, 0.1) is 23.9 Å². The van der Waals surface area contributed by atoms with Crippen molar-refractivity contribution in [2.24, 2.45) is 5.10 Å². The monoisotopic (exact) mass is 525 g/mol. The molecule has 34 heavy (non-hydrogen) atoms. The van der Waals surface area contributed by atoms with Gasteiger partial charge in [-0.3, -0.25) is 9.59 Å². The van der Waals surface area contributed by atoms with E-state index in [2.05, 4.69) is 26.5 Å². The predicted molar refractivity (Wildman–Crippen MR) is 132 cm³/mol. The van der Waals surface area contributed by atoms with Crippen LogP contribution in [0.25, 0.3) is 10.8 Å². The number of amides is 2. The number of fused-ring (bicyclic) bond motifs is 1. The van der Waals surface area contributed by atoms with E-state index in [-0.39, 0.29) is 25.0 Å². The van der Waals surface area contributed by atoms with Crippen LogP contribution in [0.5, 0.6) is 11.5 Å². The van der Waals surface area contributed by atoms with Gasteiger partial charge in [-0.25, -0.2) is 5.43 Å². The van der Waals surface area contributed by atoms with E-state index < -0.39 is 0 Å². The number of carbonyl (C=O) groups is 2. The Morgan fingerprint density at radius 1 is 1.00 bits per heavy atom. The van der Waals surface area contributed by atoms with Crippen LogP contribution in [0.2, 0.25) is 0 Å². The number of nitrogens with one attached hydrogen (secondary N) is 1. The van der Waals surface area contributed by atoms with E-state index in [0.29, 0.717) is 42.3 Å². The SMILES string of the molecule is O=C(COc1cccc2ccccc12)N/N=C/c1ccc(OCC(=O)N2CCOCC2)c(Br)c1. The summed E-state index contributed by atoms with van der Waals surface area (Å²) in [5, 5.41) is 5.97. The van der Waals surface area contributed by atoms with Gasteiger partial charge in [-0.05, 0) is 51.1 Å². The molecule has 9 heteroatoms. The molecule has 0 atom stereocenters. The van der Waals surface area contributed by atoms with E-state index >= 15 is 0 Å². The molecule has 0 aliphatic carbocycles. The number of halogens is 1. The van der Waals surface area contributed by atoms with Crippen molar-refractivity contribution in [3.8, 4) is 11.5 Å². The quantitative estimate of drug-likeness (QED) is 0.359. The van der Waals surface area contributed by atoms with Gasteiger partial charge in [0.1, 0.15) is 11.5 Å². The van der Waals surface area contributed by atoms with Crippen LogP contribution in [0.4, 0.5) is 0 Å². The maximum Gasteiger partial charge on any atom is 0.277 e. The summed E-state index contributed by atoms with van der Waals surface area (Å²) in [6.07, 6.45) is 1.52. The van der Waals surface area contributed by atoms with Gasteiger partial charge in [-0.1, -0.05) is 36.4 Å². The van der Waals surface area contributed by atoms with Crippen LogP contribution < -0.4 is 14.9 Å². The molecule has 1 fully saturated rings. The molecule has 1 aliphatic rings. The molecule has 0 radical (unpaired) electrons. The van der Waals surface area contributed by atoms with E-state index in [9.17, 15) is 9.59 Å². The van der Waals surface area contributed by atoms with E-state index in [1.165, 1.54) is 6.21 Å². The third-order valence-corrected chi connectivity index (χ3v) is 5.80. The Kier molecular flexibility index (Phi) is 8.11. The summed E-state index contributed by atoms with van der Waals surface area (Å²) < 4.78 is 17.2. The lowest BCUT2D eigenvalue weighted by Crippen LogP contribution is -2.43. The number of hydrogen-bond acceptors (Lipinski definition) is 6. The van der Waals surface area contributed by atoms with Gasteiger partial charge in [0.2, 0.25) is 0 Å². The molecule has 0 saturated carbocycles. The lowest BCUT2D eigenvalue weighted by atomic mass is 10.1. The zero-order valence-electron chi connectivity index (χ0n) is 18.4. The average molecular weight is 526 g/mol. The average Bonchev–Trinajstić information content (AvgIpc) is 2.87. The first-order chi connectivity index (χ1) is 16.6. The Bertz CT molecular complexity index is 1190. The smallest absolute Gasteiger partial charge is 0.277 e. The highest BCUT2D eigenvalue weighted by molar-refractivity contribution is 9.10. The Hall–Kier alpha value is -3.43. The summed E-state index contributed by atoms with van der Waals surface area (Å²) in [6, 6.07) is 18.8. The summed E-state index contributed by atoms with van der Waals surface area (Å²) in [5.41, 5.74) is 3.20. The first-order valence-electron chi connectivity index (χ1n) is 10.8. The zero-order valence-corrected chi connectivity index (χ0v) is 20.0. The van der Waals surface area contributed by atoms with Crippen molar-refractivity contribution in [3.63, 3.8) is 0 Å². The minimum atomic E-state index is -0.371. The molecule has 3 aromatic rings. The highest BCUT2D eigenvalue weighted by Crippen LogP contribution is 2.26. The molecule has 4 rings (SSSR count). The molecular weight excluding hydrogens is 502 g/mol. The lowest BCUT2D eigenvalue weighted by molar-refractivity contribution is -0.137. The standard InChI is InChI=1S/C25H24BrN3O5/c26-21-14-18(8-9-23(21)34-17-25(31)29-10-12-32-13-11-29)15-27-28-24(30)16-33-22-7-3-5-19-4-1-2-6-20(19)22/h1-9,14-15H,10-13,16-17H2,(H,28,30)/b27-15+. The summed E-state index contributed by atoms with van der Waals surface area (Å²) in [6.45, 7) is 2.07. The predicted octanol–water partition coefficient (Wildman–Crippen LogP) is 3.37. The van der Waals surface area contributed by atoms with Gasteiger partial charge in [-0.15, -0.1) is 0 Å². The molecule has 1 aliphatic heterocycles. The molecule has 0 bridgehead atoms. The van der Waals surface area contributed by atoms with Crippen LogP contribution in [-0.2, 0) is 14.3 Å². The Balaban J connectivity index is 1.25. The number of carbonyl (C=O) groups excluding carboxylic acids is 2. The fourth-order valence-corrected chi connectivity index (χ4v) is 3.94. The molecule has 0 aromatic heterocycles. The van der Waals surface area contributed by atoms with Gasteiger partial charge < -0.3 is 19.1 Å². The summed E-state index contributed by atoms with van der Waals surface area (Å²) in [5.74, 6) is 0.745. The molecule has 8 nitrogen and oxygen atoms in total. The minimum absolute atomic E-state index is 0.0429. The zero-order chi connectivity index (χ0) is 23.8. The highest BCUT2D eigenvalue weighted by Gasteiger charge is 2.17. The summed E-state index contributed by atoms with van der Waals surface area (Å²) >= 11 is 3.45. The number of ether oxygens (including phenoxy) is 3. The van der Waals surface area contributed by atoms with Crippen molar-refractivity contribution < 1.29 is 23.8 Å². The Labute approximate surface area is 205 Å². The van der Waals surface area contributed by atoms with Crippen LogP contribution in [0.15, 0.2) is 70.2 Å². The van der Waals surface area contributed by atoms with Gasteiger partial charge in [0.15, 0.2) is 13.2 Å². The van der Waals surface area contributed by atoms with Crippen molar-refractivity contribution in [2.75, 3.05) is 39.5 Å². The maximum atomic E-state index is 12.2. The fraction of sp³-hybridized carbons (Fsp3) is 0.240. The second kappa shape index (κ2) is 11.6. The molecule has 1 saturated heterocycles. The van der Waals surface area contributed by atoms with Crippen molar-refractivity contribution in [3.05, 3.63) is 70.7 Å². The van der Waals surface area contributed by atoms with E-state index in [1.807, 2.05) is 42.5 Å². The van der Waals surface area contributed by atoms with E-state index in [0.717, 1.165) is 16.3 Å². The molecule has 0 spiro atoms. The lowest BCUT2D eigenvalue weighted by Gasteiger charge is -2.26. The molecule has 1 N–H and O–H groups in total. The molecule has 176 valence electrons. The summed E-state index contributed by atoms with van der Waals surface area (Å²) in [7, 11) is 0. The topological polar surface area (TPSA) is 89.5 Å². The fourth-order valence-electron chi connectivity index (χ4n) is 3.43. The maximum absolute atomic E-state index is 12.2. The number of rotatable bonds is 8. The third kappa shape index (κ3) is 6.33. The first kappa shape index (κ1) is 23.7. The second-order valence-corrected chi connectivity index (χ2v) is 8.39. The number of nitrogens with zero attached hydrogens (tertiary/aromatic N) is 2. The van der Waals surface area contributed by atoms with Crippen molar-refractivity contribution >= 4 is 44.7 Å². The number of hydrazone groups is 1. The van der Waals surface area contributed by atoms with Gasteiger partial charge in [0.25, 0.3) is 11.8 Å². The van der Waals surface area contributed by atoms with Crippen LogP contribution in [0.1, 0.15) is 5.56 Å².